The van der Waals surface area contributed by atoms with Crippen LogP contribution in [0.1, 0.15) is 49.8 Å². The smallest absolute Gasteiger partial charge is 0.261 e. The fourth-order valence-corrected chi connectivity index (χ4v) is 3.48. The minimum atomic E-state index is -0.485. The molecule has 2 aromatic rings. The second-order valence-electron chi connectivity index (χ2n) is 6.95. The van der Waals surface area contributed by atoms with E-state index in [1.54, 1.807) is 0 Å². The number of aryl methyl sites for hydroxylation is 2. The molecule has 0 radical (unpaired) electrons. The Kier molecular flexibility index (Phi) is 6.74. The molecule has 1 aliphatic rings. The van der Waals surface area contributed by atoms with Gasteiger partial charge in [-0.25, -0.2) is 0 Å². The Morgan fingerprint density at radius 2 is 1.85 bits per heavy atom. The van der Waals surface area contributed by atoms with E-state index in [0.29, 0.717) is 19.6 Å². The van der Waals surface area contributed by atoms with Gasteiger partial charge in [-0.1, -0.05) is 25.1 Å². The van der Waals surface area contributed by atoms with Crippen LogP contribution in [0.3, 0.4) is 0 Å². The summed E-state index contributed by atoms with van der Waals surface area (Å²) in [5.41, 5.74) is 3.79. The lowest BCUT2D eigenvalue weighted by Gasteiger charge is -2.20. The van der Waals surface area contributed by atoms with Crippen molar-refractivity contribution in [3.63, 3.8) is 0 Å². The third-order valence-electron chi connectivity index (χ3n) is 4.94. The van der Waals surface area contributed by atoms with E-state index in [4.69, 9.17) is 9.47 Å². The van der Waals surface area contributed by atoms with Gasteiger partial charge >= 0.3 is 0 Å². The van der Waals surface area contributed by atoms with Crippen molar-refractivity contribution in [1.82, 2.24) is 5.32 Å². The zero-order valence-electron chi connectivity index (χ0n) is 16.3. The van der Waals surface area contributed by atoms with Gasteiger partial charge in [0.1, 0.15) is 11.5 Å². The zero-order chi connectivity index (χ0) is 19.1. The normalized spacial score (nSPS) is 14.1. The third kappa shape index (κ3) is 5.25. The highest BCUT2D eigenvalue weighted by molar-refractivity contribution is 5.81. The third-order valence-corrected chi connectivity index (χ3v) is 4.94. The Hall–Kier alpha value is -2.49. The van der Waals surface area contributed by atoms with Gasteiger partial charge in [-0.15, -0.1) is 0 Å². The molecule has 0 spiro atoms. The number of hydrogen-bond acceptors (Lipinski definition) is 3. The molecule has 0 bridgehead atoms. The maximum atomic E-state index is 12.6. The molecule has 4 nitrogen and oxygen atoms in total. The molecule has 1 N–H and O–H groups in total. The van der Waals surface area contributed by atoms with Crippen LogP contribution in [0.4, 0.5) is 0 Å². The molecule has 1 aliphatic carbocycles. The quantitative estimate of drug-likeness (QED) is 0.750. The molecule has 4 heteroatoms. The predicted molar refractivity (Wildman–Crippen MR) is 107 cm³/mol. The van der Waals surface area contributed by atoms with Crippen molar-refractivity contribution in [2.75, 3.05) is 6.61 Å². The molecule has 144 valence electrons. The van der Waals surface area contributed by atoms with Crippen molar-refractivity contribution in [2.24, 2.45) is 0 Å². The lowest BCUT2D eigenvalue weighted by molar-refractivity contribution is -0.128. The lowest BCUT2D eigenvalue weighted by Crippen LogP contribution is -2.37. The molecule has 0 heterocycles. The largest absolute Gasteiger partial charge is 0.494 e. The number of ether oxygens (including phenoxy) is 2. The summed E-state index contributed by atoms with van der Waals surface area (Å²) in [6, 6.07) is 14.0. The van der Waals surface area contributed by atoms with E-state index in [1.165, 1.54) is 24.0 Å². The predicted octanol–water partition coefficient (Wildman–Crippen LogP) is 4.44. The average Bonchev–Trinajstić information content (AvgIpc) is 2.70. The molecule has 0 aromatic heterocycles. The van der Waals surface area contributed by atoms with E-state index < -0.39 is 6.10 Å². The van der Waals surface area contributed by atoms with Gasteiger partial charge in [0.15, 0.2) is 6.10 Å². The molecular weight excluding hydrogens is 338 g/mol. The molecule has 0 saturated heterocycles. The first kappa shape index (κ1) is 19.3. The lowest BCUT2D eigenvalue weighted by atomic mass is 9.92. The van der Waals surface area contributed by atoms with E-state index in [2.05, 4.69) is 17.4 Å². The molecule has 0 fully saturated rings. The molecule has 0 saturated carbocycles. The zero-order valence-corrected chi connectivity index (χ0v) is 16.3. The van der Waals surface area contributed by atoms with Crippen LogP contribution >= 0.6 is 0 Å². The summed E-state index contributed by atoms with van der Waals surface area (Å²) in [7, 11) is 0. The van der Waals surface area contributed by atoms with Crippen molar-refractivity contribution in [1.29, 1.82) is 0 Å². The Morgan fingerprint density at radius 3 is 2.63 bits per heavy atom. The van der Waals surface area contributed by atoms with Crippen molar-refractivity contribution in [3.05, 3.63) is 59.2 Å². The number of nitrogens with one attached hydrogen (secondary N) is 1. The van der Waals surface area contributed by atoms with E-state index >= 15 is 0 Å². The van der Waals surface area contributed by atoms with Crippen molar-refractivity contribution >= 4 is 5.91 Å². The molecule has 0 aliphatic heterocycles. The molecular formula is C23H29NO3. The van der Waals surface area contributed by atoms with Crippen LogP contribution in [-0.2, 0) is 24.2 Å². The van der Waals surface area contributed by atoms with Gasteiger partial charge in [0.25, 0.3) is 5.91 Å². The number of fused-ring (bicyclic) bond motifs is 1. The van der Waals surface area contributed by atoms with Crippen LogP contribution in [0, 0.1) is 0 Å². The Bertz CT molecular complexity index is 772. The van der Waals surface area contributed by atoms with E-state index in [1.807, 2.05) is 44.2 Å². The second kappa shape index (κ2) is 9.45. The van der Waals surface area contributed by atoms with Crippen LogP contribution in [-0.4, -0.2) is 18.6 Å². The van der Waals surface area contributed by atoms with Gasteiger partial charge in [-0.3, -0.25) is 4.79 Å². The van der Waals surface area contributed by atoms with Crippen molar-refractivity contribution < 1.29 is 14.3 Å². The maximum Gasteiger partial charge on any atom is 0.261 e. The summed E-state index contributed by atoms with van der Waals surface area (Å²) in [6.45, 7) is 5.02. The topological polar surface area (TPSA) is 47.6 Å². The van der Waals surface area contributed by atoms with Crippen molar-refractivity contribution in [3.8, 4) is 11.5 Å². The molecule has 1 atom stereocenters. The van der Waals surface area contributed by atoms with Crippen LogP contribution < -0.4 is 14.8 Å². The van der Waals surface area contributed by atoms with E-state index in [-0.39, 0.29) is 5.91 Å². The summed E-state index contributed by atoms with van der Waals surface area (Å²) < 4.78 is 11.5. The van der Waals surface area contributed by atoms with Gasteiger partial charge in [-0.2, -0.15) is 0 Å². The summed E-state index contributed by atoms with van der Waals surface area (Å²) >= 11 is 0. The second-order valence-corrected chi connectivity index (χ2v) is 6.95. The molecule has 27 heavy (non-hydrogen) atoms. The highest BCUT2D eigenvalue weighted by Crippen LogP contribution is 2.26. The Morgan fingerprint density at radius 1 is 1.04 bits per heavy atom. The van der Waals surface area contributed by atoms with Gasteiger partial charge in [0, 0.05) is 6.54 Å². The van der Waals surface area contributed by atoms with Crippen LogP contribution in [0.2, 0.25) is 0 Å². The van der Waals surface area contributed by atoms with E-state index in [9.17, 15) is 4.79 Å². The summed E-state index contributed by atoms with van der Waals surface area (Å²) in [4.78, 5) is 12.6. The first-order chi connectivity index (χ1) is 13.2. The monoisotopic (exact) mass is 367 g/mol. The SMILES string of the molecule is CCOc1cccc(CNC(=O)[C@H](CC)Oc2ccc3c(c2)CCCC3)c1. The minimum absolute atomic E-state index is 0.0861. The average molecular weight is 367 g/mol. The molecule has 1 amide bonds. The summed E-state index contributed by atoms with van der Waals surface area (Å²) in [5, 5.41) is 2.98. The van der Waals surface area contributed by atoms with Crippen LogP contribution in [0.15, 0.2) is 42.5 Å². The first-order valence-corrected chi connectivity index (χ1v) is 9.97. The number of amides is 1. The number of benzene rings is 2. The van der Waals surface area contributed by atoms with Gasteiger partial charge in [0.05, 0.1) is 6.61 Å². The van der Waals surface area contributed by atoms with Crippen molar-refractivity contribution in [2.45, 2.75) is 58.6 Å². The maximum absolute atomic E-state index is 12.6. The van der Waals surface area contributed by atoms with Gasteiger partial charge in [0.2, 0.25) is 0 Å². The fraction of sp³-hybridized carbons (Fsp3) is 0.435. The molecule has 0 unspecified atom stereocenters. The number of hydrogen-bond donors (Lipinski definition) is 1. The highest BCUT2D eigenvalue weighted by atomic mass is 16.5. The van der Waals surface area contributed by atoms with Crippen LogP contribution in [0.5, 0.6) is 11.5 Å². The number of carbonyl (C=O) groups excluding carboxylic acids is 1. The number of rotatable bonds is 8. The number of carbonyl (C=O) groups is 1. The standard InChI is InChI=1S/C23H29NO3/c1-3-22(27-21-13-12-18-9-5-6-10-19(18)15-21)23(25)24-16-17-8-7-11-20(14-17)26-4-2/h7-8,11-15,22H,3-6,9-10,16H2,1-2H3,(H,24,25)/t22-/m0/s1. The molecule has 2 aromatic carbocycles. The summed E-state index contributed by atoms with van der Waals surface area (Å²) in [5.74, 6) is 1.52. The Balaban J connectivity index is 1.58. The molecule has 3 rings (SSSR count). The van der Waals surface area contributed by atoms with E-state index in [0.717, 1.165) is 29.9 Å². The minimum Gasteiger partial charge on any atom is -0.494 e. The fourth-order valence-electron chi connectivity index (χ4n) is 3.48. The Labute approximate surface area is 161 Å². The van der Waals surface area contributed by atoms with Gasteiger partial charge < -0.3 is 14.8 Å². The van der Waals surface area contributed by atoms with Gasteiger partial charge in [-0.05, 0) is 80.0 Å². The first-order valence-electron chi connectivity index (χ1n) is 9.97. The van der Waals surface area contributed by atoms with Crippen LogP contribution in [0.25, 0.3) is 0 Å². The summed E-state index contributed by atoms with van der Waals surface area (Å²) in [6.07, 6.45) is 4.88. The highest BCUT2D eigenvalue weighted by Gasteiger charge is 2.19.